The topological polar surface area (TPSA) is 113 Å². The molecule has 0 saturated carbocycles. The molecule has 2 aromatic carbocycles. The van der Waals surface area contributed by atoms with Crippen LogP contribution in [0.15, 0.2) is 42.5 Å². The number of aliphatic carboxylic acids is 1. The minimum absolute atomic E-state index is 0.0162. The quantitative estimate of drug-likeness (QED) is 0.388. The molecule has 152 valence electrons. The number of aromatic nitrogens is 2. The van der Waals surface area contributed by atoms with E-state index in [2.05, 4.69) is 9.97 Å². The maximum Gasteiger partial charge on any atom is 0.349 e. The van der Waals surface area contributed by atoms with E-state index >= 15 is 0 Å². The second-order valence-corrected chi connectivity index (χ2v) is 7.62. The van der Waals surface area contributed by atoms with Crippen molar-refractivity contribution in [2.75, 3.05) is 6.61 Å². The first-order chi connectivity index (χ1) is 14.3. The summed E-state index contributed by atoms with van der Waals surface area (Å²) in [6, 6.07) is 11.2. The number of H-pyrrole nitrogens is 1. The fraction of sp³-hybridized carbons (Fsp3) is 0.0500. The third-order valence-electron chi connectivity index (χ3n) is 4.19. The van der Waals surface area contributed by atoms with Crippen molar-refractivity contribution < 1.29 is 28.9 Å². The van der Waals surface area contributed by atoms with Crippen LogP contribution in [0.1, 0.15) is 9.67 Å². The molecule has 10 heteroatoms. The van der Waals surface area contributed by atoms with Gasteiger partial charge < -0.3 is 19.9 Å². The predicted octanol–water partition coefficient (Wildman–Crippen LogP) is 4.91. The molecule has 0 spiro atoms. The van der Waals surface area contributed by atoms with E-state index in [4.69, 9.17) is 21.4 Å². The minimum Gasteiger partial charge on any atom is -0.479 e. The number of fused-ring (bicyclic) bond motifs is 1. The maximum absolute atomic E-state index is 13.4. The summed E-state index contributed by atoms with van der Waals surface area (Å²) in [5, 5.41) is 18.3. The Labute approximate surface area is 177 Å². The lowest BCUT2D eigenvalue weighted by Gasteiger charge is -2.04. The first kappa shape index (κ1) is 19.9. The third kappa shape index (κ3) is 3.72. The Kier molecular flexibility index (Phi) is 5.15. The molecule has 0 fully saturated rings. The number of carboxylic acid groups (broad SMARTS) is 2. The highest BCUT2D eigenvalue weighted by Crippen LogP contribution is 2.46. The molecule has 3 N–H and O–H groups in total. The summed E-state index contributed by atoms with van der Waals surface area (Å²) in [5.74, 6) is -2.59. The van der Waals surface area contributed by atoms with Gasteiger partial charge in [0.15, 0.2) is 17.2 Å². The van der Waals surface area contributed by atoms with Gasteiger partial charge in [0.1, 0.15) is 16.7 Å². The Morgan fingerprint density at radius 3 is 2.67 bits per heavy atom. The molecule has 0 aliphatic rings. The number of imidazole rings is 1. The highest BCUT2D eigenvalue weighted by atomic mass is 35.5. The van der Waals surface area contributed by atoms with Crippen LogP contribution in [0, 0.1) is 5.82 Å². The Morgan fingerprint density at radius 2 is 1.93 bits per heavy atom. The van der Waals surface area contributed by atoms with Crippen molar-refractivity contribution in [2.45, 2.75) is 0 Å². The number of benzene rings is 2. The zero-order chi connectivity index (χ0) is 21.4. The molecule has 4 aromatic rings. The summed E-state index contributed by atoms with van der Waals surface area (Å²) in [6.07, 6.45) is 0. The zero-order valence-corrected chi connectivity index (χ0v) is 16.6. The van der Waals surface area contributed by atoms with Gasteiger partial charge in [-0.3, -0.25) is 0 Å². The maximum atomic E-state index is 13.4. The standard InChI is InChI=1S/C20H12ClFN2O5S/c21-15-16(29-8-14(25)26)18(20(27)28)30-17(15)9-2-1-3-10(6-9)19-23-12-5-4-11(22)7-13(12)24-19/h1-7H,8H2,(H,23,24)(H,25,26)(H,27,28). The molecule has 2 aromatic heterocycles. The summed E-state index contributed by atoms with van der Waals surface area (Å²) in [4.78, 5) is 30.1. The van der Waals surface area contributed by atoms with Crippen LogP contribution in [-0.4, -0.2) is 38.7 Å². The summed E-state index contributed by atoms with van der Waals surface area (Å²) >= 11 is 7.22. The lowest BCUT2D eigenvalue weighted by atomic mass is 10.1. The number of hydrogen-bond acceptors (Lipinski definition) is 5. The van der Waals surface area contributed by atoms with Gasteiger partial charge in [-0.05, 0) is 29.8 Å². The fourth-order valence-corrected chi connectivity index (χ4v) is 4.31. The first-order valence-corrected chi connectivity index (χ1v) is 9.69. The van der Waals surface area contributed by atoms with E-state index in [-0.39, 0.29) is 21.5 Å². The number of nitrogens with zero attached hydrogens (tertiary/aromatic N) is 1. The van der Waals surface area contributed by atoms with Gasteiger partial charge in [-0.15, -0.1) is 11.3 Å². The number of carboxylic acids is 2. The van der Waals surface area contributed by atoms with Crippen molar-refractivity contribution in [2.24, 2.45) is 0 Å². The van der Waals surface area contributed by atoms with E-state index in [0.29, 0.717) is 32.9 Å². The number of carbonyl (C=O) groups is 2. The van der Waals surface area contributed by atoms with Gasteiger partial charge in [-0.1, -0.05) is 29.8 Å². The second-order valence-electron chi connectivity index (χ2n) is 6.22. The van der Waals surface area contributed by atoms with Crippen molar-refractivity contribution in [3.05, 3.63) is 58.2 Å². The number of aromatic carboxylic acids is 1. The Hall–Kier alpha value is -3.43. The van der Waals surface area contributed by atoms with E-state index in [1.807, 2.05) is 0 Å². The second kappa shape index (κ2) is 7.77. The van der Waals surface area contributed by atoms with Gasteiger partial charge in [0.25, 0.3) is 0 Å². The van der Waals surface area contributed by atoms with E-state index in [1.54, 1.807) is 30.3 Å². The van der Waals surface area contributed by atoms with E-state index in [1.165, 1.54) is 12.1 Å². The predicted molar refractivity (Wildman–Crippen MR) is 110 cm³/mol. The van der Waals surface area contributed by atoms with Gasteiger partial charge in [0.05, 0.1) is 15.9 Å². The summed E-state index contributed by atoms with van der Waals surface area (Å²) < 4.78 is 18.5. The van der Waals surface area contributed by atoms with Gasteiger partial charge >= 0.3 is 11.9 Å². The normalized spacial score (nSPS) is 11.0. The zero-order valence-electron chi connectivity index (χ0n) is 15.0. The van der Waals surface area contributed by atoms with Crippen molar-refractivity contribution in [1.82, 2.24) is 9.97 Å². The average molecular weight is 447 g/mol. The SMILES string of the molecule is O=C(O)COc1c(C(=O)O)sc(-c2cccc(-c3nc4ccc(F)cc4[nH]3)c2)c1Cl. The molecule has 0 aliphatic heterocycles. The van der Waals surface area contributed by atoms with E-state index in [0.717, 1.165) is 11.3 Å². The van der Waals surface area contributed by atoms with Gasteiger partial charge in [-0.25, -0.2) is 19.0 Å². The third-order valence-corrected chi connectivity index (χ3v) is 5.87. The molecule has 2 heterocycles. The fourth-order valence-electron chi connectivity index (χ4n) is 2.91. The molecule has 7 nitrogen and oxygen atoms in total. The highest BCUT2D eigenvalue weighted by molar-refractivity contribution is 7.18. The molecule has 0 unspecified atom stereocenters. The molecule has 30 heavy (non-hydrogen) atoms. The Bertz CT molecular complexity index is 1300. The molecule has 4 rings (SSSR count). The smallest absolute Gasteiger partial charge is 0.349 e. The van der Waals surface area contributed by atoms with E-state index in [9.17, 15) is 19.1 Å². The van der Waals surface area contributed by atoms with Crippen LogP contribution < -0.4 is 4.74 Å². The average Bonchev–Trinajstić information content (AvgIpc) is 3.27. The molecule has 0 saturated heterocycles. The Balaban J connectivity index is 1.77. The van der Waals surface area contributed by atoms with Crippen molar-refractivity contribution in [1.29, 1.82) is 0 Å². The van der Waals surface area contributed by atoms with Crippen molar-refractivity contribution >= 4 is 45.9 Å². The first-order valence-electron chi connectivity index (χ1n) is 8.49. The molecular formula is C20H12ClFN2O5S. The van der Waals surface area contributed by atoms with Crippen LogP contribution in [0.5, 0.6) is 5.75 Å². The molecule has 0 aliphatic carbocycles. The number of halogens is 2. The number of rotatable bonds is 6. The van der Waals surface area contributed by atoms with Crippen LogP contribution in [-0.2, 0) is 4.79 Å². The van der Waals surface area contributed by atoms with Crippen LogP contribution in [0.25, 0.3) is 32.9 Å². The number of aromatic amines is 1. The van der Waals surface area contributed by atoms with Crippen LogP contribution in [0.4, 0.5) is 4.39 Å². The molecule has 0 bridgehead atoms. The van der Waals surface area contributed by atoms with Crippen LogP contribution >= 0.6 is 22.9 Å². The summed E-state index contributed by atoms with van der Waals surface area (Å²) in [7, 11) is 0. The summed E-state index contributed by atoms with van der Waals surface area (Å²) in [5.41, 5.74) is 2.42. The van der Waals surface area contributed by atoms with Crippen LogP contribution in [0.3, 0.4) is 0 Å². The monoisotopic (exact) mass is 446 g/mol. The minimum atomic E-state index is -1.27. The molecule has 0 amide bonds. The van der Waals surface area contributed by atoms with Gasteiger partial charge in [0.2, 0.25) is 0 Å². The number of ether oxygens (including phenoxy) is 1. The number of nitrogens with one attached hydrogen (secondary N) is 1. The molecule has 0 radical (unpaired) electrons. The van der Waals surface area contributed by atoms with Gasteiger partial charge in [-0.2, -0.15) is 0 Å². The van der Waals surface area contributed by atoms with Crippen LogP contribution in [0.2, 0.25) is 5.02 Å². The largest absolute Gasteiger partial charge is 0.479 e. The van der Waals surface area contributed by atoms with Crippen molar-refractivity contribution in [3.63, 3.8) is 0 Å². The van der Waals surface area contributed by atoms with Gasteiger partial charge in [0, 0.05) is 5.56 Å². The lowest BCUT2D eigenvalue weighted by molar-refractivity contribution is -0.139. The lowest BCUT2D eigenvalue weighted by Crippen LogP contribution is -2.10. The number of hydrogen-bond donors (Lipinski definition) is 3. The number of thiophene rings is 1. The Morgan fingerprint density at radius 1 is 1.17 bits per heavy atom. The summed E-state index contributed by atoms with van der Waals surface area (Å²) in [6.45, 7) is -0.717. The molecular weight excluding hydrogens is 435 g/mol. The highest BCUT2D eigenvalue weighted by Gasteiger charge is 2.25. The molecule has 0 atom stereocenters. The van der Waals surface area contributed by atoms with Crippen molar-refractivity contribution in [3.8, 4) is 27.6 Å². The van der Waals surface area contributed by atoms with E-state index < -0.39 is 18.5 Å².